The largest absolute Gasteiger partial charge is 0.545 e. The summed E-state index contributed by atoms with van der Waals surface area (Å²) >= 11 is 6.27. The van der Waals surface area contributed by atoms with Crippen LogP contribution in [0.2, 0.25) is 5.02 Å². The number of amides is 1. The number of fused-ring (bicyclic) bond motifs is 3. The van der Waals surface area contributed by atoms with Crippen LogP contribution in [0.4, 0.5) is 11.5 Å². The lowest BCUT2D eigenvalue weighted by Gasteiger charge is -2.20. The number of para-hydroxylation sites is 1. The van der Waals surface area contributed by atoms with E-state index in [1.165, 1.54) is 12.4 Å². The fourth-order valence-corrected chi connectivity index (χ4v) is 8.14. The van der Waals surface area contributed by atoms with Crippen LogP contribution in [0.3, 0.4) is 0 Å². The fourth-order valence-electron chi connectivity index (χ4n) is 7.98. The van der Waals surface area contributed by atoms with Gasteiger partial charge in [0.15, 0.2) is 0 Å². The van der Waals surface area contributed by atoms with Crippen molar-refractivity contribution < 1.29 is 42.8 Å². The lowest BCUT2D eigenvalue weighted by Crippen LogP contribution is -2.29. The number of halogens is 1. The van der Waals surface area contributed by atoms with Crippen LogP contribution in [0.1, 0.15) is 40.1 Å². The number of ether oxygens (including phenoxy) is 5. The van der Waals surface area contributed by atoms with E-state index in [-0.39, 0.29) is 30.4 Å². The van der Waals surface area contributed by atoms with Gasteiger partial charge in [0.05, 0.1) is 63.5 Å². The molecule has 8 rings (SSSR count). The Bertz CT molecular complexity index is 3240. The molecule has 2 N–H and O–H groups in total. The molecule has 18 heteroatoms. The average molecular weight is 998 g/mol. The van der Waals surface area contributed by atoms with Crippen LogP contribution in [0.15, 0.2) is 114 Å². The van der Waals surface area contributed by atoms with Crippen molar-refractivity contribution in [3.63, 3.8) is 0 Å². The molecular weight excluding hydrogens is 940 g/mol. The molecule has 0 unspecified atom stereocenters. The summed E-state index contributed by atoms with van der Waals surface area (Å²) in [5, 5.41) is 25.6. The van der Waals surface area contributed by atoms with E-state index in [1.807, 2.05) is 136 Å². The van der Waals surface area contributed by atoms with E-state index >= 15 is 0 Å². The Kier molecular flexibility index (Phi) is 16.6. The number of anilines is 2. The quantitative estimate of drug-likeness (QED) is 0.0392. The normalized spacial score (nSPS) is 11.4. The van der Waals surface area contributed by atoms with E-state index in [0.717, 1.165) is 33.1 Å². The number of carboxylic acids is 1. The molecular formula is C54H57ClN8O9. The van der Waals surface area contributed by atoms with Crippen molar-refractivity contribution >= 4 is 51.7 Å². The third-order valence-corrected chi connectivity index (χ3v) is 11.8. The van der Waals surface area contributed by atoms with Crippen LogP contribution in [-0.4, -0.2) is 119 Å². The maximum atomic E-state index is 13.2. The molecule has 0 bridgehead atoms. The highest BCUT2D eigenvalue weighted by atomic mass is 35.5. The number of aromatic nitrogens is 4. The Labute approximate surface area is 421 Å². The van der Waals surface area contributed by atoms with E-state index in [4.69, 9.17) is 44.7 Å². The number of rotatable bonds is 23. The molecule has 6 aromatic rings. The van der Waals surface area contributed by atoms with Gasteiger partial charge < -0.3 is 53.5 Å². The predicted octanol–water partition coefficient (Wildman–Crippen LogP) is 6.68. The smallest absolute Gasteiger partial charge is 0.254 e. The molecule has 0 atom stereocenters. The van der Waals surface area contributed by atoms with E-state index in [2.05, 4.69) is 20.7 Å². The predicted molar refractivity (Wildman–Crippen MR) is 275 cm³/mol. The molecule has 72 heavy (non-hydrogen) atoms. The van der Waals surface area contributed by atoms with Crippen molar-refractivity contribution in [2.24, 2.45) is 0 Å². The highest BCUT2D eigenvalue weighted by Gasteiger charge is 2.22. The van der Waals surface area contributed by atoms with Gasteiger partial charge in [-0.15, -0.1) is 0 Å². The minimum absolute atomic E-state index is 0.0172. The van der Waals surface area contributed by atoms with E-state index in [1.54, 1.807) is 16.6 Å². The molecule has 2 aliphatic rings. The summed E-state index contributed by atoms with van der Waals surface area (Å²) in [6, 6.07) is 31.3. The van der Waals surface area contributed by atoms with Crippen molar-refractivity contribution in [2.75, 3.05) is 91.2 Å². The fraction of sp³-hybridized carbons (Fsp3) is 0.296. The van der Waals surface area contributed by atoms with E-state index < -0.39 is 11.9 Å². The molecule has 1 amide bonds. The Hall–Kier alpha value is -7.57. The summed E-state index contributed by atoms with van der Waals surface area (Å²) in [5.41, 5.74) is 5.75. The number of carboxylic acid groups (broad SMARTS) is 1. The standard InChI is InChI=1S/C54H57ClN8O9/c1-34(2)71-47-28-37(55)13-11-36(47)32-57-50-31-45(60-54-58-33-59-63(50)54)41-9-7-8-10-46(41)70-26-25-69-24-23-68-22-21-67-20-19-56-52(64)35-12-16-40(44(27-35)53(65)66)51-42-17-14-38(61(3)4)29-48(42)72-49-30-39(62(5)6)15-18-43(49)51/h7-18,27-31,33-34H,19-26,32H2,1-6H3,(H2-,56,57,58,59,60,64,65,66). The Morgan fingerprint density at radius 1 is 0.819 bits per heavy atom. The van der Waals surface area contributed by atoms with Crippen molar-refractivity contribution in [3.8, 4) is 45.2 Å². The van der Waals surface area contributed by atoms with Crippen molar-refractivity contribution in [2.45, 2.75) is 26.5 Å². The van der Waals surface area contributed by atoms with E-state index in [0.29, 0.717) is 102 Å². The van der Waals surface area contributed by atoms with Gasteiger partial charge in [-0.2, -0.15) is 14.6 Å². The third kappa shape index (κ3) is 12.3. The Balaban J connectivity index is 0.772. The molecule has 0 radical (unpaired) electrons. The lowest BCUT2D eigenvalue weighted by atomic mass is 9.89. The zero-order valence-corrected chi connectivity index (χ0v) is 41.8. The zero-order chi connectivity index (χ0) is 50.7. The van der Waals surface area contributed by atoms with Gasteiger partial charge in [-0.25, -0.2) is 9.56 Å². The van der Waals surface area contributed by atoms with Gasteiger partial charge >= 0.3 is 0 Å². The maximum Gasteiger partial charge on any atom is 0.254 e. The van der Waals surface area contributed by atoms with Crippen molar-refractivity contribution in [1.29, 1.82) is 0 Å². The summed E-state index contributed by atoms with van der Waals surface area (Å²) in [6.45, 7) is 6.78. The minimum Gasteiger partial charge on any atom is -0.545 e. The molecule has 1 aliphatic carbocycles. The van der Waals surface area contributed by atoms with Gasteiger partial charge in [-0.1, -0.05) is 35.9 Å². The topological polar surface area (TPSA) is 190 Å². The SMILES string of the molecule is CC(C)Oc1cc(Cl)ccc1CNc1cc(-c2ccccc2OCCOCCOCCOCCNC(=O)c2ccc(-c3c4ccc(=[N+](C)C)cc-4oc4cc(N(C)C)ccc34)c(C(=O)[O-])c2)nc2ncnn12. The van der Waals surface area contributed by atoms with Crippen LogP contribution >= 0.6 is 11.6 Å². The van der Waals surface area contributed by atoms with Crippen LogP contribution in [-0.2, 0) is 20.8 Å². The molecule has 1 aliphatic heterocycles. The van der Waals surface area contributed by atoms with Gasteiger partial charge in [0.25, 0.3) is 11.7 Å². The first-order valence-electron chi connectivity index (χ1n) is 23.5. The third-order valence-electron chi connectivity index (χ3n) is 11.5. The number of carbonyl (C=O) groups is 2. The van der Waals surface area contributed by atoms with Crippen molar-refractivity contribution in [3.05, 3.63) is 137 Å². The van der Waals surface area contributed by atoms with Gasteiger partial charge in [0.1, 0.15) is 55.7 Å². The van der Waals surface area contributed by atoms with Crippen molar-refractivity contribution in [1.82, 2.24) is 29.5 Å². The second kappa shape index (κ2) is 23.6. The summed E-state index contributed by atoms with van der Waals surface area (Å²) in [4.78, 5) is 37.0. The summed E-state index contributed by atoms with van der Waals surface area (Å²) in [6.07, 6.45) is 1.44. The van der Waals surface area contributed by atoms with Gasteiger partial charge in [-0.3, -0.25) is 4.79 Å². The number of hydrogen-bond donors (Lipinski definition) is 2. The van der Waals surface area contributed by atoms with E-state index in [9.17, 15) is 14.7 Å². The number of hydrogen-bond acceptors (Lipinski definition) is 14. The van der Waals surface area contributed by atoms with Gasteiger partial charge in [-0.05, 0) is 74.0 Å². The molecule has 0 saturated heterocycles. The highest BCUT2D eigenvalue weighted by Crippen LogP contribution is 2.42. The lowest BCUT2D eigenvalue weighted by molar-refractivity contribution is -0.254. The minimum atomic E-state index is -1.40. The molecule has 2 aromatic heterocycles. The first-order chi connectivity index (χ1) is 34.8. The molecule has 0 fully saturated rings. The second-order valence-electron chi connectivity index (χ2n) is 17.4. The maximum absolute atomic E-state index is 13.2. The average Bonchev–Trinajstić information content (AvgIpc) is 3.85. The Morgan fingerprint density at radius 3 is 2.32 bits per heavy atom. The second-order valence-corrected chi connectivity index (χ2v) is 17.8. The molecule has 4 aromatic carbocycles. The molecule has 374 valence electrons. The van der Waals surface area contributed by atoms with Gasteiger partial charge in [0, 0.05) is 94.9 Å². The monoisotopic (exact) mass is 996 g/mol. The van der Waals surface area contributed by atoms with Gasteiger partial charge in [0.2, 0.25) is 5.36 Å². The number of nitrogens with zero attached hydrogens (tertiary/aromatic N) is 6. The molecule has 0 spiro atoms. The summed E-state index contributed by atoms with van der Waals surface area (Å²) in [5.74, 6) is 1.19. The zero-order valence-electron chi connectivity index (χ0n) is 41.1. The highest BCUT2D eigenvalue weighted by molar-refractivity contribution is 6.30. The van der Waals surface area contributed by atoms with Crippen LogP contribution in [0, 0.1) is 0 Å². The number of aromatic carboxylic acids is 1. The summed E-state index contributed by atoms with van der Waals surface area (Å²) < 4.78 is 39.3. The van der Waals surface area contributed by atoms with Crippen LogP contribution in [0.25, 0.3) is 50.5 Å². The molecule has 3 heterocycles. The summed E-state index contributed by atoms with van der Waals surface area (Å²) in [7, 11) is 7.75. The number of benzene rings is 5. The number of carbonyl (C=O) groups excluding carboxylic acids is 2. The molecule has 0 saturated carbocycles. The van der Waals surface area contributed by atoms with Crippen LogP contribution in [0.5, 0.6) is 11.5 Å². The van der Waals surface area contributed by atoms with Crippen LogP contribution < -0.4 is 40.0 Å². The Morgan fingerprint density at radius 2 is 1.57 bits per heavy atom. The first kappa shape index (κ1) is 50.8. The first-order valence-corrected chi connectivity index (χ1v) is 23.9. The number of nitrogens with one attached hydrogen (secondary N) is 2. The molecule has 17 nitrogen and oxygen atoms in total.